The number of nitrogens with one attached hydrogen (secondary N) is 2. The third-order valence-electron chi connectivity index (χ3n) is 4.63. The number of rotatable bonds is 3. The van der Waals surface area contributed by atoms with E-state index >= 15 is 0 Å². The first-order valence-electron chi connectivity index (χ1n) is 11.0. The van der Waals surface area contributed by atoms with Gasteiger partial charge in [0.2, 0.25) is 0 Å². The summed E-state index contributed by atoms with van der Waals surface area (Å²) in [5, 5.41) is 9.14. The molecule has 0 spiro atoms. The molecule has 2 aliphatic heterocycles. The quantitative estimate of drug-likeness (QED) is 0.373. The number of amides is 2. The molecule has 2 rings (SSSR count). The third kappa shape index (κ3) is 12.0. The average molecular weight is 458 g/mol. The topological polar surface area (TPSA) is 144 Å². The Hall–Kier alpha value is -2.23. The molecular weight excluding hydrogens is 418 g/mol. The number of carbonyl (C=O) groups excluding carboxylic acids is 2. The Morgan fingerprint density at radius 1 is 0.906 bits per heavy atom. The minimum Gasteiger partial charge on any atom is -0.444 e. The van der Waals surface area contributed by atoms with E-state index in [1.165, 1.54) is 0 Å². The molecule has 0 aromatic rings. The van der Waals surface area contributed by atoms with E-state index in [0.717, 1.165) is 13.0 Å². The van der Waals surface area contributed by atoms with Gasteiger partial charge in [-0.25, -0.2) is 9.59 Å². The summed E-state index contributed by atoms with van der Waals surface area (Å²) in [5.41, 5.74) is 7.44. The van der Waals surface area contributed by atoms with Crippen LogP contribution >= 0.6 is 0 Å². The monoisotopic (exact) mass is 457 g/mol. The maximum atomic E-state index is 11.6. The van der Waals surface area contributed by atoms with Gasteiger partial charge in [-0.3, -0.25) is 0 Å². The van der Waals surface area contributed by atoms with Crippen LogP contribution in [0.1, 0.15) is 61.3 Å². The molecule has 11 nitrogen and oxygen atoms in total. The van der Waals surface area contributed by atoms with Crippen LogP contribution in [0.15, 0.2) is 5.11 Å². The molecule has 2 amide bonds. The van der Waals surface area contributed by atoms with Gasteiger partial charge in [0.1, 0.15) is 11.2 Å². The maximum absolute atomic E-state index is 11.6. The minimum atomic E-state index is -0.548. The highest BCUT2D eigenvalue weighted by molar-refractivity contribution is 5.68. The van der Waals surface area contributed by atoms with Gasteiger partial charge in [0.25, 0.3) is 0 Å². The lowest BCUT2D eigenvalue weighted by molar-refractivity contribution is 0.0207. The first kappa shape index (κ1) is 27.8. The highest BCUT2D eigenvalue weighted by Crippen LogP contribution is 2.16. The van der Waals surface area contributed by atoms with Crippen LogP contribution in [-0.2, 0) is 18.9 Å². The van der Waals surface area contributed by atoms with Crippen LogP contribution in [0.5, 0.6) is 0 Å². The summed E-state index contributed by atoms with van der Waals surface area (Å²) in [5.74, 6) is 0.450. The third-order valence-corrected chi connectivity index (χ3v) is 4.63. The van der Waals surface area contributed by atoms with E-state index in [2.05, 4.69) is 27.6 Å². The Labute approximate surface area is 190 Å². The number of carbonyl (C=O) groups is 2. The van der Waals surface area contributed by atoms with Crippen LogP contribution in [0.25, 0.3) is 10.4 Å². The zero-order valence-electron chi connectivity index (χ0n) is 20.3. The number of alkyl carbamates (subject to hydrolysis) is 2. The molecule has 0 radical (unpaired) electrons. The molecule has 0 aromatic carbocycles. The van der Waals surface area contributed by atoms with Crippen molar-refractivity contribution in [2.75, 3.05) is 26.4 Å². The maximum Gasteiger partial charge on any atom is 0.407 e. The number of hydrogen-bond donors (Lipinski definition) is 2. The van der Waals surface area contributed by atoms with Crippen molar-refractivity contribution in [3.05, 3.63) is 10.4 Å². The molecule has 0 unspecified atom stereocenters. The fraction of sp³-hybridized carbons (Fsp3) is 0.905. The van der Waals surface area contributed by atoms with Crippen molar-refractivity contribution in [1.82, 2.24) is 10.6 Å². The fourth-order valence-corrected chi connectivity index (χ4v) is 3.02. The molecule has 0 aromatic heterocycles. The standard InChI is InChI=1S/C11H21NO3.C10H18N4O3/c1-8-5-6-14-7-9(8)12-10(13)15-11(2,3)4;1-10(2,3)17-9(15)12-8-6-16-5-4-7(8)13-14-11/h8-9H,5-7H2,1-4H3,(H,12,13);7-8H,4-6H2,1-3H3,(H,12,15)/t8-,9-;7-,8+/m10/s1. The van der Waals surface area contributed by atoms with Crippen molar-refractivity contribution in [1.29, 1.82) is 0 Å². The summed E-state index contributed by atoms with van der Waals surface area (Å²) in [7, 11) is 0. The molecule has 32 heavy (non-hydrogen) atoms. The predicted molar refractivity (Wildman–Crippen MR) is 119 cm³/mol. The molecule has 4 atom stereocenters. The van der Waals surface area contributed by atoms with E-state index < -0.39 is 17.3 Å². The molecular formula is C21H39N5O6. The van der Waals surface area contributed by atoms with E-state index in [-0.39, 0.29) is 24.2 Å². The summed E-state index contributed by atoms with van der Waals surface area (Å²) >= 11 is 0. The Balaban J connectivity index is 0.000000323. The zero-order valence-corrected chi connectivity index (χ0v) is 20.3. The van der Waals surface area contributed by atoms with Gasteiger partial charge in [-0.2, -0.15) is 0 Å². The second kappa shape index (κ2) is 12.7. The molecule has 2 saturated heterocycles. The molecule has 2 N–H and O–H groups in total. The highest BCUT2D eigenvalue weighted by atomic mass is 16.6. The molecule has 0 aliphatic carbocycles. The SMILES string of the molecule is CC(C)(C)OC(=O)N[C@@H]1COCC[C@@H]1N=[N+]=[N-].C[C@@H]1CCOC[C@H]1NC(=O)OC(C)(C)C. The van der Waals surface area contributed by atoms with Gasteiger partial charge in [0, 0.05) is 18.1 Å². The van der Waals surface area contributed by atoms with E-state index in [4.69, 9.17) is 24.5 Å². The number of nitrogens with zero attached hydrogens (tertiary/aromatic N) is 3. The Kier molecular flexibility index (Phi) is 11.0. The number of ether oxygens (including phenoxy) is 4. The molecule has 11 heteroatoms. The van der Waals surface area contributed by atoms with Crippen molar-refractivity contribution < 1.29 is 28.5 Å². The van der Waals surface area contributed by atoms with Crippen LogP contribution in [0.3, 0.4) is 0 Å². The van der Waals surface area contributed by atoms with E-state index in [9.17, 15) is 9.59 Å². The van der Waals surface area contributed by atoms with Crippen molar-refractivity contribution in [3.63, 3.8) is 0 Å². The summed E-state index contributed by atoms with van der Waals surface area (Å²) in [6, 6.07) is -0.524. The van der Waals surface area contributed by atoms with Crippen LogP contribution in [0, 0.1) is 5.92 Å². The van der Waals surface area contributed by atoms with Crippen LogP contribution < -0.4 is 10.6 Å². The summed E-state index contributed by atoms with van der Waals surface area (Å²) in [6.07, 6.45) is 0.710. The average Bonchev–Trinajstić information content (AvgIpc) is 2.63. The molecule has 0 bridgehead atoms. The van der Waals surface area contributed by atoms with Gasteiger partial charge in [-0.15, -0.1) is 0 Å². The summed E-state index contributed by atoms with van der Waals surface area (Å²) < 4.78 is 20.9. The van der Waals surface area contributed by atoms with Crippen molar-refractivity contribution in [2.24, 2.45) is 11.0 Å². The Morgan fingerprint density at radius 3 is 1.84 bits per heavy atom. The minimum absolute atomic E-state index is 0.0774. The number of hydrogen-bond acceptors (Lipinski definition) is 7. The van der Waals surface area contributed by atoms with Crippen molar-refractivity contribution in [2.45, 2.75) is 90.6 Å². The molecule has 184 valence electrons. The van der Waals surface area contributed by atoms with Gasteiger partial charge in [0.15, 0.2) is 0 Å². The lowest BCUT2D eigenvalue weighted by Gasteiger charge is -2.30. The van der Waals surface area contributed by atoms with Crippen LogP contribution in [0.4, 0.5) is 9.59 Å². The van der Waals surface area contributed by atoms with Gasteiger partial charge in [0.05, 0.1) is 31.3 Å². The molecule has 2 heterocycles. The molecule has 0 saturated carbocycles. The first-order chi connectivity index (χ1) is 14.8. The van der Waals surface area contributed by atoms with Crippen LogP contribution in [-0.4, -0.2) is 67.9 Å². The van der Waals surface area contributed by atoms with E-state index in [0.29, 0.717) is 32.2 Å². The van der Waals surface area contributed by atoms with E-state index in [1.54, 1.807) is 20.8 Å². The van der Waals surface area contributed by atoms with Crippen molar-refractivity contribution in [3.8, 4) is 0 Å². The second-order valence-corrected chi connectivity index (χ2v) is 9.98. The molecule has 2 fully saturated rings. The van der Waals surface area contributed by atoms with Gasteiger partial charge < -0.3 is 29.6 Å². The van der Waals surface area contributed by atoms with Crippen LogP contribution in [0.2, 0.25) is 0 Å². The molecule has 2 aliphatic rings. The second-order valence-electron chi connectivity index (χ2n) is 9.98. The lowest BCUT2D eigenvalue weighted by Crippen LogP contribution is -2.49. The smallest absolute Gasteiger partial charge is 0.407 e. The highest BCUT2D eigenvalue weighted by Gasteiger charge is 2.28. The largest absolute Gasteiger partial charge is 0.444 e. The lowest BCUT2D eigenvalue weighted by atomic mass is 9.97. The van der Waals surface area contributed by atoms with Gasteiger partial charge in [-0.1, -0.05) is 12.0 Å². The Bertz CT molecular complexity index is 654. The Morgan fingerprint density at radius 2 is 1.38 bits per heavy atom. The number of azide groups is 1. The fourth-order valence-electron chi connectivity index (χ4n) is 3.02. The van der Waals surface area contributed by atoms with Crippen molar-refractivity contribution >= 4 is 12.2 Å². The first-order valence-corrected chi connectivity index (χ1v) is 11.0. The van der Waals surface area contributed by atoms with Gasteiger partial charge >= 0.3 is 12.2 Å². The van der Waals surface area contributed by atoms with E-state index in [1.807, 2.05) is 20.8 Å². The predicted octanol–water partition coefficient (Wildman–Crippen LogP) is 3.92. The zero-order chi connectivity index (χ0) is 24.4. The summed E-state index contributed by atoms with van der Waals surface area (Å²) in [6.45, 7) is 15.3. The normalized spacial score (nSPS) is 25.8. The van der Waals surface area contributed by atoms with Gasteiger partial charge in [-0.05, 0) is 65.8 Å². The summed E-state index contributed by atoms with van der Waals surface area (Å²) in [4.78, 5) is 25.8.